The minimum absolute atomic E-state index is 0.476. The number of terminal acetylenes is 1. The first-order chi connectivity index (χ1) is 9.56. The lowest BCUT2D eigenvalue weighted by Crippen LogP contribution is -2.07. The van der Waals surface area contributed by atoms with Gasteiger partial charge in [-0.05, 0) is 67.9 Å². The molecule has 1 aromatic carbocycles. The van der Waals surface area contributed by atoms with Gasteiger partial charge in [-0.25, -0.2) is 0 Å². The molecule has 0 bridgehead atoms. The third-order valence-corrected chi connectivity index (χ3v) is 3.98. The Balaban J connectivity index is 3.20. The fourth-order valence-corrected chi connectivity index (χ4v) is 2.89. The molecule has 0 radical (unpaired) electrons. The lowest BCUT2D eigenvalue weighted by Gasteiger charge is -2.23. The average molecular weight is 272 g/mol. The van der Waals surface area contributed by atoms with E-state index in [4.69, 9.17) is 11.2 Å². The van der Waals surface area contributed by atoms with Gasteiger partial charge in [0, 0.05) is 6.42 Å². The van der Waals surface area contributed by atoms with Gasteiger partial charge in [0.25, 0.3) is 0 Å². The summed E-state index contributed by atoms with van der Waals surface area (Å²) in [7, 11) is 0. The van der Waals surface area contributed by atoms with Crippen molar-refractivity contribution in [2.75, 3.05) is 6.61 Å². The summed E-state index contributed by atoms with van der Waals surface area (Å²) in [6.07, 6.45) is 9.73. The molecule has 0 heterocycles. The Bertz CT molecular complexity index is 480. The summed E-state index contributed by atoms with van der Waals surface area (Å²) in [5, 5.41) is 0. The third-order valence-electron chi connectivity index (χ3n) is 3.98. The molecule has 0 aliphatic carbocycles. The SMILES string of the molecule is C#CCC(CCC)c1c(C)cc(OCCC)c(C)c1C. The first kappa shape index (κ1) is 16.6. The van der Waals surface area contributed by atoms with Crippen LogP contribution in [0.4, 0.5) is 0 Å². The average Bonchev–Trinajstić information content (AvgIpc) is 2.42. The van der Waals surface area contributed by atoms with E-state index in [-0.39, 0.29) is 0 Å². The molecule has 1 unspecified atom stereocenters. The van der Waals surface area contributed by atoms with Gasteiger partial charge in [-0.15, -0.1) is 12.3 Å². The largest absolute Gasteiger partial charge is 0.493 e. The molecule has 1 rings (SSSR count). The van der Waals surface area contributed by atoms with Gasteiger partial charge in [-0.2, -0.15) is 0 Å². The molecule has 0 N–H and O–H groups in total. The van der Waals surface area contributed by atoms with Crippen LogP contribution in [0.3, 0.4) is 0 Å². The summed E-state index contributed by atoms with van der Waals surface area (Å²) in [4.78, 5) is 0. The maximum absolute atomic E-state index is 5.86. The van der Waals surface area contributed by atoms with E-state index >= 15 is 0 Å². The molecule has 0 fully saturated rings. The minimum atomic E-state index is 0.476. The molecule has 110 valence electrons. The number of hydrogen-bond donors (Lipinski definition) is 0. The van der Waals surface area contributed by atoms with Crippen LogP contribution in [0.2, 0.25) is 0 Å². The fraction of sp³-hybridized carbons (Fsp3) is 0.579. The van der Waals surface area contributed by atoms with Gasteiger partial charge in [0.2, 0.25) is 0 Å². The normalized spacial score (nSPS) is 12.0. The summed E-state index contributed by atoms with van der Waals surface area (Å²) in [6.45, 7) is 11.7. The van der Waals surface area contributed by atoms with Crippen molar-refractivity contribution < 1.29 is 4.74 Å². The number of ether oxygens (including phenoxy) is 1. The molecule has 0 aliphatic rings. The first-order valence-corrected chi connectivity index (χ1v) is 7.73. The Labute approximate surface area is 124 Å². The Kier molecular flexibility index (Phi) is 6.65. The third kappa shape index (κ3) is 3.79. The zero-order chi connectivity index (χ0) is 15.1. The smallest absolute Gasteiger partial charge is 0.122 e. The minimum Gasteiger partial charge on any atom is -0.493 e. The van der Waals surface area contributed by atoms with Crippen LogP contribution in [0, 0.1) is 33.1 Å². The Morgan fingerprint density at radius 2 is 1.85 bits per heavy atom. The molecule has 0 saturated carbocycles. The molecule has 0 spiro atoms. The van der Waals surface area contributed by atoms with Crippen LogP contribution in [0.15, 0.2) is 6.07 Å². The van der Waals surface area contributed by atoms with Crippen molar-refractivity contribution in [3.05, 3.63) is 28.3 Å². The van der Waals surface area contributed by atoms with Crippen molar-refractivity contribution in [1.29, 1.82) is 0 Å². The van der Waals surface area contributed by atoms with Crippen LogP contribution >= 0.6 is 0 Å². The predicted molar refractivity (Wildman–Crippen MR) is 87.5 cm³/mol. The highest BCUT2D eigenvalue weighted by Crippen LogP contribution is 2.35. The zero-order valence-electron chi connectivity index (χ0n) is 13.7. The Morgan fingerprint density at radius 1 is 1.15 bits per heavy atom. The number of rotatable bonds is 7. The molecule has 0 amide bonds. The topological polar surface area (TPSA) is 9.23 Å². The second kappa shape index (κ2) is 8.00. The van der Waals surface area contributed by atoms with Crippen molar-refractivity contribution >= 4 is 0 Å². The maximum atomic E-state index is 5.86. The van der Waals surface area contributed by atoms with Crippen molar-refractivity contribution in [1.82, 2.24) is 0 Å². The van der Waals surface area contributed by atoms with E-state index in [2.05, 4.69) is 46.6 Å². The highest BCUT2D eigenvalue weighted by molar-refractivity contribution is 5.49. The van der Waals surface area contributed by atoms with Gasteiger partial charge >= 0.3 is 0 Å². The number of hydrogen-bond acceptors (Lipinski definition) is 1. The summed E-state index contributed by atoms with van der Waals surface area (Å²) in [5.41, 5.74) is 5.36. The lowest BCUT2D eigenvalue weighted by molar-refractivity contribution is 0.314. The fourth-order valence-electron chi connectivity index (χ4n) is 2.89. The van der Waals surface area contributed by atoms with Gasteiger partial charge in [0.1, 0.15) is 5.75 Å². The quantitative estimate of drug-likeness (QED) is 0.611. The van der Waals surface area contributed by atoms with E-state index in [0.29, 0.717) is 5.92 Å². The summed E-state index contributed by atoms with van der Waals surface area (Å²) < 4.78 is 5.86. The second-order valence-corrected chi connectivity index (χ2v) is 5.60. The van der Waals surface area contributed by atoms with E-state index in [9.17, 15) is 0 Å². The van der Waals surface area contributed by atoms with Gasteiger partial charge in [0.15, 0.2) is 0 Å². The molecule has 0 aromatic heterocycles. The lowest BCUT2D eigenvalue weighted by atomic mass is 9.84. The van der Waals surface area contributed by atoms with Crippen LogP contribution < -0.4 is 4.74 Å². The van der Waals surface area contributed by atoms with Crippen molar-refractivity contribution in [3.63, 3.8) is 0 Å². The second-order valence-electron chi connectivity index (χ2n) is 5.60. The van der Waals surface area contributed by atoms with Gasteiger partial charge in [-0.1, -0.05) is 20.3 Å². The molecule has 0 saturated heterocycles. The molecule has 20 heavy (non-hydrogen) atoms. The molecule has 1 heteroatoms. The number of aryl methyl sites for hydroxylation is 1. The van der Waals surface area contributed by atoms with Crippen LogP contribution in [0.5, 0.6) is 5.75 Å². The molecular formula is C19H28O. The zero-order valence-corrected chi connectivity index (χ0v) is 13.7. The summed E-state index contributed by atoms with van der Waals surface area (Å²) in [5.74, 6) is 4.35. The molecule has 1 atom stereocenters. The summed E-state index contributed by atoms with van der Waals surface area (Å²) in [6, 6.07) is 2.19. The predicted octanol–water partition coefficient (Wildman–Crippen LogP) is 5.31. The van der Waals surface area contributed by atoms with Crippen LogP contribution in [0.25, 0.3) is 0 Å². The molecule has 1 nitrogen and oxygen atoms in total. The van der Waals surface area contributed by atoms with Gasteiger partial charge in [0.05, 0.1) is 6.61 Å². The van der Waals surface area contributed by atoms with E-state index in [1.54, 1.807) is 0 Å². The Morgan fingerprint density at radius 3 is 2.40 bits per heavy atom. The van der Waals surface area contributed by atoms with Crippen LogP contribution in [0.1, 0.15) is 67.7 Å². The van der Waals surface area contributed by atoms with Crippen LogP contribution in [-0.4, -0.2) is 6.61 Å². The maximum Gasteiger partial charge on any atom is 0.122 e. The monoisotopic (exact) mass is 272 g/mol. The van der Waals surface area contributed by atoms with E-state index in [1.807, 2.05) is 0 Å². The van der Waals surface area contributed by atoms with Gasteiger partial charge in [-0.3, -0.25) is 0 Å². The molecule has 1 aromatic rings. The van der Waals surface area contributed by atoms with E-state index in [0.717, 1.165) is 31.6 Å². The Hall–Kier alpha value is -1.42. The standard InChI is InChI=1S/C19H28O/c1-7-10-17(11-8-2)19-14(4)13-18(20-12-9-3)15(5)16(19)6/h1,13,17H,8-12H2,2-6H3. The van der Waals surface area contributed by atoms with Crippen LogP contribution in [-0.2, 0) is 0 Å². The molecular weight excluding hydrogens is 244 g/mol. The molecule has 0 aliphatic heterocycles. The highest BCUT2D eigenvalue weighted by atomic mass is 16.5. The van der Waals surface area contributed by atoms with E-state index in [1.165, 1.54) is 28.7 Å². The first-order valence-electron chi connectivity index (χ1n) is 7.73. The summed E-state index contributed by atoms with van der Waals surface area (Å²) >= 11 is 0. The number of benzene rings is 1. The van der Waals surface area contributed by atoms with Crippen molar-refractivity contribution in [2.24, 2.45) is 0 Å². The van der Waals surface area contributed by atoms with Crippen molar-refractivity contribution in [2.45, 2.75) is 66.2 Å². The van der Waals surface area contributed by atoms with Crippen molar-refractivity contribution in [3.8, 4) is 18.1 Å². The van der Waals surface area contributed by atoms with E-state index < -0.39 is 0 Å². The van der Waals surface area contributed by atoms with Gasteiger partial charge < -0.3 is 4.74 Å². The highest BCUT2D eigenvalue weighted by Gasteiger charge is 2.18.